The molecule has 4 fully saturated rings. The van der Waals surface area contributed by atoms with Gasteiger partial charge < -0.3 is 9.31 Å². The summed E-state index contributed by atoms with van der Waals surface area (Å²) in [5, 5.41) is 8.71. The van der Waals surface area contributed by atoms with E-state index < -0.39 is 0 Å². The molecule has 2 heterocycles. The van der Waals surface area contributed by atoms with Crippen LogP contribution in [-0.2, 0) is 15.9 Å². The molecular weight excluding hydrogens is 325 g/mol. The molecule has 26 heavy (non-hydrogen) atoms. The minimum atomic E-state index is -0.325. The van der Waals surface area contributed by atoms with Crippen LogP contribution in [0.5, 0.6) is 0 Å². The Morgan fingerprint density at radius 2 is 1.65 bits per heavy atom. The number of hydrogen-bond donors (Lipinski definition) is 0. The van der Waals surface area contributed by atoms with E-state index in [2.05, 4.69) is 68.5 Å². The van der Waals surface area contributed by atoms with Gasteiger partial charge in [0.2, 0.25) is 0 Å². The Labute approximate surface area is 155 Å². The topological polar surface area (TPSA) is 49.2 Å². The minimum absolute atomic E-state index is 0.319. The number of rotatable bonds is 4. The van der Waals surface area contributed by atoms with Crippen LogP contribution in [-0.4, -0.2) is 33.3 Å². The van der Waals surface area contributed by atoms with Crippen LogP contribution in [0.1, 0.15) is 47.0 Å². The van der Waals surface area contributed by atoms with Gasteiger partial charge >= 0.3 is 7.12 Å². The number of nitrogens with zero attached hydrogens (tertiary/aromatic N) is 3. The summed E-state index contributed by atoms with van der Waals surface area (Å²) >= 11 is 0. The van der Waals surface area contributed by atoms with Crippen molar-refractivity contribution in [1.29, 1.82) is 0 Å². The average Bonchev–Trinajstić information content (AvgIpc) is 3.05. The Morgan fingerprint density at radius 3 is 2.19 bits per heavy atom. The van der Waals surface area contributed by atoms with Gasteiger partial charge in [0.15, 0.2) is 0 Å². The van der Waals surface area contributed by atoms with Crippen molar-refractivity contribution in [3.63, 3.8) is 0 Å². The first-order valence-electron chi connectivity index (χ1n) is 9.62. The third-order valence-corrected chi connectivity index (χ3v) is 6.93. The quantitative estimate of drug-likeness (QED) is 0.795. The van der Waals surface area contributed by atoms with E-state index in [9.17, 15) is 0 Å². The second-order valence-electron chi connectivity index (χ2n) is 9.49. The maximum atomic E-state index is 6.12. The number of hydrogen-bond acceptors (Lipinski definition) is 4. The molecule has 0 unspecified atom stereocenters. The van der Waals surface area contributed by atoms with Gasteiger partial charge in [-0.15, -0.1) is 5.10 Å². The van der Waals surface area contributed by atoms with Gasteiger partial charge in [0.05, 0.1) is 17.4 Å². The summed E-state index contributed by atoms with van der Waals surface area (Å²) < 4.78 is 14.3. The molecule has 0 N–H and O–H groups in total. The van der Waals surface area contributed by atoms with Crippen LogP contribution < -0.4 is 5.46 Å². The monoisotopic (exact) mass is 351 g/mol. The van der Waals surface area contributed by atoms with Crippen LogP contribution in [0, 0.1) is 11.3 Å². The standard InChI is InChI=1S/C20H26BN3O2/c1-18(2)19(3,4)26-21(25-18)16-7-5-15(6-8-16)17-12-24(23-22-17)13-20-9-14(10-20)11-20/h5-8,12,14H,9-11,13H2,1-4H3. The van der Waals surface area contributed by atoms with Crippen molar-refractivity contribution in [2.75, 3.05) is 0 Å². The Balaban J connectivity index is 1.30. The summed E-state index contributed by atoms with van der Waals surface area (Å²) in [6, 6.07) is 8.29. The second-order valence-corrected chi connectivity index (χ2v) is 9.49. The maximum Gasteiger partial charge on any atom is 0.494 e. The van der Waals surface area contributed by atoms with Crippen molar-refractivity contribution in [3.8, 4) is 11.3 Å². The zero-order valence-electron chi connectivity index (χ0n) is 16.0. The molecule has 0 atom stereocenters. The van der Waals surface area contributed by atoms with Crippen LogP contribution in [0.25, 0.3) is 11.3 Å². The first-order chi connectivity index (χ1) is 12.3. The van der Waals surface area contributed by atoms with E-state index in [1.165, 1.54) is 19.3 Å². The third kappa shape index (κ3) is 2.46. The number of aromatic nitrogens is 3. The summed E-state index contributed by atoms with van der Waals surface area (Å²) in [4.78, 5) is 0. The lowest BCUT2D eigenvalue weighted by atomic mass is 9.44. The van der Waals surface area contributed by atoms with E-state index in [4.69, 9.17) is 9.31 Å². The molecule has 3 saturated carbocycles. The Kier molecular flexibility index (Phi) is 3.30. The summed E-state index contributed by atoms with van der Waals surface area (Å²) in [7, 11) is -0.325. The molecule has 136 valence electrons. The molecule has 2 aromatic rings. The van der Waals surface area contributed by atoms with Crippen LogP contribution in [0.15, 0.2) is 30.5 Å². The Hall–Kier alpha value is -1.66. The predicted octanol–water partition coefficient (Wildman–Crippen LogP) is 3.04. The molecule has 0 amide bonds. The molecule has 1 aromatic heterocycles. The van der Waals surface area contributed by atoms with Gasteiger partial charge in [0, 0.05) is 12.1 Å². The SMILES string of the molecule is CC1(C)OB(c2ccc(-c3cn(CC45CC(C4)C5)nn3)cc2)OC1(C)C. The van der Waals surface area contributed by atoms with Crippen LogP contribution >= 0.6 is 0 Å². The fourth-order valence-electron chi connectivity index (χ4n) is 4.49. The lowest BCUT2D eigenvalue weighted by molar-refractivity contribution is -0.120. The van der Waals surface area contributed by atoms with Crippen molar-refractivity contribution in [3.05, 3.63) is 30.5 Å². The average molecular weight is 351 g/mol. The van der Waals surface area contributed by atoms with E-state index in [0.717, 1.165) is 29.2 Å². The molecule has 6 heteroatoms. The molecule has 4 aliphatic rings. The second kappa shape index (κ2) is 5.20. The van der Waals surface area contributed by atoms with Gasteiger partial charge in [0.1, 0.15) is 5.69 Å². The lowest BCUT2D eigenvalue weighted by Gasteiger charge is -2.61. The summed E-state index contributed by atoms with van der Waals surface area (Å²) in [6.07, 6.45) is 6.21. The molecule has 2 bridgehead atoms. The van der Waals surface area contributed by atoms with E-state index >= 15 is 0 Å². The van der Waals surface area contributed by atoms with E-state index in [1.54, 1.807) is 0 Å². The summed E-state index contributed by atoms with van der Waals surface area (Å²) in [5.74, 6) is 1.00. The summed E-state index contributed by atoms with van der Waals surface area (Å²) in [6.45, 7) is 9.32. The minimum Gasteiger partial charge on any atom is -0.399 e. The van der Waals surface area contributed by atoms with Crippen molar-refractivity contribution in [1.82, 2.24) is 15.0 Å². The Morgan fingerprint density at radius 1 is 1.04 bits per heavy atom. The highest BCUT2D eigenvalue weighted by Crippen LogP contribution is 2.65. The molecule has 0 radical (unpaired) electrons. The van der Waals surface area contributed by atoms with Gasteiger partial charge in [0.25, 0.3) is 0 Å². The zero-order valence-corrected chi connectivity index (χ0v) is 16.0. The normalized spacial score (nSPS) is 30.8. The predicted molar refractivity (Wildman–Crippen MR) is 101 cm³/mol. The summed E-state index contributed by atoms with van der Waals surface area (Å²) in [5.41, 5.74) is 2.94. The van der Waals surface area contributed by atoms with Gasteiger partial charge in [-0.1, -0.05) is 29.5 Å². The first kappa shape index (κ1) is 16.5. The van der Waals surface area contributed by atoms with Crippen molar-refractivity contribution in [2.45, 2.75) is 64.7 Å². The van der Waals surface area contributed by atoms with Crippen LogP contribution in [0.3, 0.4) is 0 Å². The smallest absolute Gasteiger partial charge is 0.399 e. The zero-order chi connectivity index (χ0) is 18.2. The van der Waals surface area contributed by atoms with Crippen molar-refractivity contribution < 1.29 is 9.31 Å². The van der Waals surface area contributed by atoms with E-state index in [1.807, 2.05) is 4.68 Å². The first-order valence-corrected chi connectivity index (χ1v) is 9.62. The van der Waals surface area contributed by atoms with Gasteiger partial charge in [-0.05, 0) is 63.8 Å². The van der Waals surface area contributed by atoms with E-state index in [-0.39, 0.29) is 18.3 Å². The van der Waals surface area contributed by atoms with Crippen LogP contribution in [0.2, 0.25) is 0 Å². The third-order valence-electron chi connectivity index (χ3n) is 6.93. The highest BCUT2D eigenvalue weighted by Gasteiger charge is 2.56. The molecule has 5 nitrogen and oxygen atoms in total. The van der Waals surface area contributed by atoms with Crippen molar-refractivity contribution >= 4 is 12.6 Å². The Bertz CT molecular complexity index is 810. The molecule has 1 aromatic carbocycles. The van der Waals surface area contributed by atoms with Gasteiger partial charge in [-0.2, -0.15) is 0 Å². The fraction of sp³-hybridized carbons (Fsp3) is 0.600. The van der Waals surface area contributed by atoms with Gasteiger partial charge in [-0.25, -0.2) is 0 Å². The maximum absolute atomic E-state index is 6.12. The highest BCUT2D eigenvalue weighted by atomic mass is 16.7. The fourth-order valence-corrected chi connectivity index (χ4v) is 4.49. The lowest BCUT2D eigenvalue weighted by Crippen LogP contribution is -2.54. The van der Waals surface area contributed by atoms with E-state index in [0.29, 0.717) is 5.41 Å². The molecule has 1 saturated heterocycles. The molecular formula is C20H26BN3O2. The molecule has 0 spiro atoms. The number of benzene rings is 1. The van der Waals surface area contributed by atoms with Gasteiger partial charge in [-0.3, -0.25) is 4.68 Å². The molecule has 6 rings (SSSR count). The highest BCUT2D eigenvalue weighted by molar-refractivity contribution is 6.62. The largest absolute Gasteiger partial charge is 0.494 e. The van der Waals surface area contributed by atoms with Crippen molar-refractivity contribution in [2.24, 2.45) is 11.3 Å². The molecule has 3 aliphatic carbocycles. The molecule has 1 aliphatic heterocycles. The van der Waals surface area contributed by atoms with Crippen LogP contribution in [0.4, 0.5) is 0 Å².